The summed E-state index contributed by atoms with van der Waals surface area (Å²) in [6.07, 6.45) is 2.04. The molecule has 0 bridgehead atoms. The van der Waals surface area contributed by atoms with Crippen LogP contribution in [0, 0.1) is 0 Å². The van der Waals surface area contributed by atoms with E-state index in [4.69, 9.17) is 4.74 Å². The van der Waals surface area contributed by atoms with E-state index in [1.807, 2.05) is 32.1 Å². The molecule has 0 spiro atoms. The number of ether oxygens (including phenoxy) is 1. The number of hydrogen-bond donors (Lipinski definition) is 1. The van der Waals surface area contributed by atoms with Crippen molar-refractivity contribution in [1.29, 1.82) is 0 Å². The standard InChI is InChI=1S/C13H18BrNO.ClH/c1-4-7-15-9-11-8-12(14)5-6-13(11)16-10(2)3;/h4-6,8,10,15H,1,7,9H2,2-3H3;1H. The quantitative estimate of drug-likeness (QED) is 0.633. The molecule has 1 aromatic carbocycles. The first-order valence-electron chi connectivity index (χ1n) is 5.40. The summed E-state index contributed by atoms with van der Waals surface area (Å²) < 4.78 is 6.81. The van der Waals surface area contributed by atoms with E-state index in [1.165, 1.54) is 0 Å². The van der Waals surface area contributed by atoms with E-state index in [2.05, 4.69) is 33.9 Å². The van der Waals surface area contributed by atoms with Crippen LogP contribution < -0.4 is 10.1 Å². The van der Waals surface area contributed by atoms with Crippen molar-refractivity contribution >= 4 is 28.3 Å². The van der Waals surface area contributed by atoms with Crippen LogP contribution in [0.4, 0.5) is 0 Å². The van der Waals surface area contributed by atoms with Crippen molar-refractivity contribution in [2.75, 3.05) is 6.54 Å². The van der Waals surface area contributed by atoms with E-state index in [9.17, 15) is 0 Å². The summed E-state index contributed by atoms with van der Waals surface area (Å²) in [5, 5.41) is 3.27. The van der Waals surface area contributed by atoms with Crippen LogP contribution in [0.15, 0.2) is 35.3 Å². The molecule has 1 rings (SSSR count). The van der Waals surface area contributed by atoms with E-state index in [-0.39, 0.29) is 18.5 Å². The van der Waals surface area contributed by atoms with Crippen LogP contribution in [0.25, 0.3) is 0 Å². The van der Waals surface area contributed by atoms with Crippen molar-refractivity contribution in [1.82, 2.24) is 5.32 Å². The average Bonchev–Trinajstić information content (AvgIpc) is 2.22. The summed E-state index contributed by atoms with van der Waals surface area (Å²) in [7, 11) is 0. The molecule has 4 heteroatoms. The minimum Gasteiger partial charge on any atom is -0.491 e. The summed E-state index contributed by atoms with van der Waals surface area (Å²) in [6, 6.07) is 6.07. The molecule has 0 fully saturated rings. The highest BCUT2D eigenvalue weighted by Crippen LogP contribution is 2.24. The van der Waals surface area contributed by atoms with E-state index >= 15 is 0 Å². The smallest absolute Gasteiger partial charge is 0.124 e. The Morgan fingerprint density at radius 3 is 2.76 bits per heavy atom. The van der Waals surface area contributed by atoms with Gasteiger partial charge in [0.1, 0.15) is 5.75 Å². The Kier molecular flexibility index (Phi) is 8.30. The van der Waals surface area contributed by atoms with Gasteiger partial charge in [0.15, 0.2) is 0 Å². The molecule has 0 saturated heterocycles. The maximum Gasteiger partial charge on any atom is 0.124 e. The maximum atomic E-state index is 5.74. The van der Waals surface area contributed by atoms with Gasteiger partial charge in [0, 0.05) is 23.1 Å². The molecule has 0 atom stereocenters. The molecule has 0 heterocycles. The van der Waals surface area contributed by atoms with Crippen molar-refractivity contribution in [3.8, 4) is 5.75 Å². The first-order valence-corrected chi connectivity index (χ1v) is 6.19. The second kappa shape index (κ2) is 8.56. The SMILES string of the molecule is C=CCNCc1cc(Br)ccc1OC(C)C.Cl. The number of benzene rings is 1. The lowest BCUT2D eigenvalue weighted by molar-refractivity contribution is 0.239. The Morgan fingerprint density at radius 2 is 2.18 bits per heavy atom. The fourth-order valence-corrected chi connectivity index (χ4v) is 1.77. The third kappa shape index (κ3) is 6.10. The van der Waals surface area contributed by atoms with Gasteiger partial charge in [-0.1, -0.05) is 22.0 Å². The van der Waals surface area contributed by atoms with Crippen molar-refractivity contribution < 1.29 is 4.74 Å². The molecule has 0 aliphatic rings. The molecular weight excluding hydrogens is 302 g/mol. The van der Waals surface area contributed by atoms with Gasteiger partial charge in [-0.3, -0.25) is 0 Å². The molecule has 0 aromatic heterocycles. The van der Waals surface area contributed by atoms with Crippen molar-refractivity contribution in [3.05, 3.63) is 40.9 Å². The average molecular weight is 321 g/mol. The first-order chi connectivity index (χ1) is 7.63. The normalized spacial score (nSPS) is 9.88. The highest BCUT2D eigenvalue weighted by Gasteiger charge is 2.05. The highest BCUT2D eigenvalue weighted by molar-refractivity contribution is 9.10. The lowest BCUT2D eigenvalue weighted by Crippen LogP contribution is -2.15. The lowest BCUT2D eigenvalue weighted by Gasteiger charge is -2.14. The van der Waals surface area contributed by atoms with Crippen LogP contribution >= 0.6 is 28.3 Å². The molecule has 0 unspecified atom stereocenters. The third-order valence-corrected chi connectivity index (χ3v) is 2.48. The first kappa shape index (κ1) is 16.5. The van der Waals surface area contributed by atoms with Crippen LogP contribution in [-0.2, 0) is 6.54 Å². The topological polar surface area (TPSA) is 21.3 Å². The summed E-state index contributed by atoms with van der Waals surface area (Å²) >= 11 is 3.47. The van der Waals surface area contributed by atoms with Gasteiger partial charge in [0.25, 0.3) is 0 Å². The molecule has 0 amide bonds. The molecule has 0 aliphatic heterocycles. The fourth-order valence-electron chi connectivity index (χ4n) is 1.36. The Bertz CT molecular complexity index is 355. The second-order valence-electron chi connectivity index (χ2n) is 3.84. The van der Waals surface area contributed by atoms with Crippen molar-refractivity contribution in [2.45, 2.75) is 26.5 Å². The largest absolute Gasteiger partial charge is 0.491 e. The van der Waals surface area contributed by atoms with Gasteiger partial charge < -0.3 is 10.1 Å². The number of nitrogens with one attached hydrogen (secondary N) is 1. The van der Waals surface area contributed by atoms with Gasteiger partial charge in [0.2, 0.25) is 0 Å². The van der Waals surface area contributed by atoms with Crippen LogP contribution in [0.2, 0.25) is 0 Å². The van der Waals surface area contributed by atoms with Gasteiger partial charge in [-0.05, 0) is 32.0 Å². The minimum absolute atomic E-state index is 0. The van der Waals surface area contributed by atoms with E-state index in [0.717, 1.165) is 28.9 Å². The van der Waals surface area contributed by atoms with Gasteiger partial charge in [-0.15, -0.1) is 19.0 Å². The molecule has 1 N–H and O–H groups in total. The van der Waals surface area contributed by atoms with Crippen LogP contribution in [-0.4, -0.2) is 12.6 Å². The molecule has 0 saturated carbocycles. The molecule has 17 heavy (non-hydrogen) atoms. The third-order valence-electron chi connectivity index (χ3n) is 1.99. The van der Waals surface area contributed by atoms with Crippen molar-refractivity contribution in [2.24, 2.45) is 0 Å². The number of halogens is 2. The Balaban J connectivity index is 0.00000256. The lowest BCUT2D eigenvalue weighted by atomic mass is 10.2. The van der Waals surface area contributed by atoms with Gasteiger partial charge in [0.05, 0.1) is 6.10 Å². The minimum atomic E-state index is 0. The van der Waals surface area contributed by atoms with Crippen molar-refractivity contribution in [3.63, 3.8) is 0 Å². The summed E-state index contributed by atoms with van der Waals surface area (Å²) in [5.74, 6) is 0.940. The van der Waals surface area contributed by atoms with E-state index < -0.39 is 0 Å². The van der Waals surface area contributed by atoms with E-state index in [1.54, 1.807) is 0 Å². The van der Waals surface area contributed by atoms with Crippen LogP contribution in [0.3, 0.4) is 0 Å². The molecule has 1 aromatic rings. The van der Waals surface area contributed by atoms with Crippen LogP contribution in [0.5, 0.6) is 5.75 Å². The maximum absolute atomic E-state index is 5.74. The monoisotopic (exact) mass is 319 g/mol. The summed E-state index contributed by atoms with van der Waals surface area (Å²) in [6.45, 7) is 9.32. The van der Waals surface area contributed by atoms with Gasteiger partial charge in [-0.25, -0.2) is 0 Å². The zero-order valence-corrected chi connectivity index (χ0v) is 12.6. The van der Waals surface area contributed by atoms with Gasteiger partial charge >= 0.3 is 0 Å². The molecule has 0 radical (unpaired) electrons. The predicted octanol–water partition coefficient (Wildman–Crippen LogP) is 3.93. The molecule has 0 aliphatic carbocycles. The Morgan fingerprint density at radius 1 is 1.47 bits per heavy atom. The zero-order valence-electron chi connectivity index (χ0n) is 10.2. The van der Waals surface area contributed by atoms with Gasteiger partial charge in [-0.2, -0.15) is 0 Å². The second-order valence-corrected chi connectivity index (χ2v) is 4.75. The Hall–Kier alpha value is -0.510. The fraction of sp³-hybridized carbons (Fsp3) is 0.385. The highest BCUT2D eigenvalue weighted by atomic mass is 79.9. The molecule has 2 nitrogen and oxygen atoms in total. The zero-order chi connectivity index (χ0) is 12.0. The van der Waals surface area contributed by atoms with E-state index in [0.29, 0.717) is 0 Å². The Labute approximate surface area is 118 Å². The number of hydrogen-bond acceptors (Lipinski definition) is 2. The summed E-state index contributed by atoms with van der Waals surface area (Å²) in [5.41, 5.74) is 1.16. The number of rotatable bonds is 6. The molecular formula is C13H19BrClNO. The summed E-state index contributed by atoms with van der Waals surface area (Å²) in [4.78, 5) is 0. The predicted molar refractivity (Wildman–Crippen MR) is 79.1 cm³/mol. The van der Waals surface area contributed by atoms with Crippen LogP contribution in [0.1, 0.15) is 19.4 Å². The molecule has 96 valence electrons.